The van der Waals surface area contributed by atoms with Crippen LogP contribution < -0.4 is 0 Å². The summed E-state index contributed by atoms with van der Waals surface area (Å²) in [5.41, 5.74) is 9.05. The van der Waals surface area contributed by atoms with Crippen molar-refractivity contribution in [3.8, 4) is 0 Å². The summed E-state index contributed by atoms with van der Waals surface area (Å²) in [7, 11) is 0. The van der Waals surface area contributed by atoms with Gasteiger partial charge in [-0.1, -0.05) is 245 Å². The number of hydrogen-bond donors (Lipinski definition) is 0. The Kier molecular flexibility index (Phi) is 30.6. The minimum Gasteiger partial charge on any atom is -0.378 e. The van der Waals surface area contributed by atoms with Gasteiger partial charge in [0.25, 0.3) is 0 Å². The van der Waals surface area contributed by atoms with Crippen molar-refractivity contribution in [2.24, 2.45) is 171 Å². The molecule has 756 valence electrons. The van der Waals surface area contributed by atoms with E-state index in [4.69, 9.17) is 28.4 Å². The Morgan fingerprint density at radius 1 is 0.267 bits per heavy atom. The zero-order valence-electron chi connectivity index (χ0n) is 92.3. The van der Waals surface area contributed by atoms with E-state index in [0.717, 1.165) is 95.6 Å². The lowest BCUT2D eigenvalue weighted by Crippen LogP contribution is -3.07. The van der Waals surface area contributed by atoms with Crippen LogP contribution in [0.5, 0.6) is 0 Å². The van der Waals surface area contributed by atoms with Crippen LogP contribution in [-0.2, 0) is 28.4 Å². The third kappa shape index (κ3) is 19.5. The summed E-state index contributed by atoms with van der Waals surface area (Å²) in [5.74, 6) is 18.1. The van der Waals surface area contributed by atoms with Crippen LogP contribution >= 0.6 is 0 Å². The van der Waals surface area contributed by atoms with Crippen molar-refractivity contribution < 1.29 is 28.4 Å². The molecule has 0 spiro atoms. The van der Waals surface area contributed by atoms with Crippen LogP contribution in [0, 0.1) is 171 Å². The van der Waals surface area contributed by atoms with E-state index in [0.29, 0.717) is 103 Å². The molecule has 15 heterocycles. The molecule has 131 heavy (non-hydrogen) atoms. The summed E-state index contributed by atoms with van der Waals surface area (Å²) in [4.78, 5) is 2.62. The molecule has 0 N–H and O–H groups in total. The number of piperidine rings is 3. The van der Waals surface area contributed by atoms with Crippen LogP contribution in [0.2, 0.25) is 0 Å². The highest BCUT2D eigenvalue weighted by Gasteiger charge is 3.05. The Morgan fingerprint density at radius 2 is 0.656 bits per heavy atom. The second-order valence-corrected chi connectivity index (χ2v) is 60.4. The van der Waals surface area contributed by atoms with Crippen molar-refractivity contribution >= 4 is 0 Å². The molecular weight excluding hydrogens is 1600 g/mol. The van der Waals surface area contributed by atoms with Crippen molar-refractivity contribution in [3.63, 3.8) is 0 Å². The van der Waals surface area contributed by atoms with Crippen LogP contribution in [0.25, 0.3) is 0 Å². The van der Waals surface area contributed by atoms with Gasteiger partial charge in [-0.05, 0) is 447 Å². The molecule has 33 aliphatic rings. The lowest BCUT2D eigenvalue weighted by Gasteiger charge is -3.09. The summed E-state index contributed by atoms with van der Waals surface area (Å²) < 4.78 is 36.0. The van der Waals surface area contributed by atoms with Gasteiger partial charge in [0.2, 0.25) is 0 Å². The van der Waals surface area contributed by atoms with Gasteiger partial charge in [0.05, 0.1) is 72.2 Å². The smallest absolute Gasteiger partial charge is 0.0870 e. The molecule has 33 rings (SSSR count). The normalized spacial score (nSPS) is 47.0. The second kappa shape index (κ2) is 38.7. The lowest BCUT2D eigenvalue weighted by atomic mass is 8.94. The van der Waals surface area contributed by atoms with Gasteiger partial charge in [-0.15, -0.1) is 0 Å². The minimum absolute atomic E-state index is 0.128. The van der Waals surface area contributed by atoms with E-state index in [1.54, 1.807) is 6.42 Å². The molecule has 18 saturated carbocycles. The number of ether oxygens (including phenoxy) is 6. The molecule has 18 aliphatic carbocycles. The van der Waals surface area contributed by atoms with Crippen LogP contribution in [0.1, 0.15) is 521 Å². The van der Waals surface area contributed by atoms with E-state index < -0.39 is 0 Å². The highest BCUT2D eigenvalue weighted by molar-refractivity contribution is 5.51. The summed E-state index contributed by atoms with van der Waals surface area (Å²) in [6, 6.07) is 0. The first-order valence-electron chi connectivity index (χ1n) is 59.1. The first kappa shape index (κ1) is 104. The molecule has 8 atom stereocenters. The Hall–Kier alpha value is -0.280. The molecule has 15 saturated heterocycles. The minimum atomic E-state index is 0.128. The van der Waals surface area contributed by atoms with E-state index in [-0.39, 0.29) is 22.2 Å². The van der Waals surface area contributed by atoms with E-state index in [2.05, 4.69) is 199 Å². The molecule has 8 unspecified atom stereocenters. The molecule has 0 aromatic rings. The van der Waals surface area contributed by atoms with Crippen LogP contribution in [-0.4, -0.2) is 96.8 Å². The van der Waals surface area contributed by atoms with E-state index in [1.807, 2.05) is 0 Å². The Bertz CT molecular complexity index is 3270. The number of nitrogens with zero attached hydrogens (tertiary/aromatic N) is 1. The molecule has 0 aromatic carbocycles. The first-order chi connectivity index (χ1) is 61.4. The standard InChI is InChI=1S/C13H24.C12H16.2C12H22.C11H21N.C11H18O2.2C11H20O.C11H20.2C10H18O/c1-12(2,3)13-8-4-6-11(10-13)7-5-9-13;1-11(2,3)12-8-5-4-6(8)10(12)7(4)9(5)12;1-11(2,3)12-7-4-10(5-8-12)6-9-12;1-10(2)12-7-3-4-11(5-8-12)6-9-12;1-10(2,3)11-4-7-12(8-5-11)9-6-11;1-10(2,3)11-5-7-4-8(13-11)9(6-11)12-7;1-10(2,3)11-6-4-9(5-7-11)12-8-11;1-9(2)11-7-3-5-10(12-11)6-4-8-11;1-9(2)11-6-3-4-10(8-11)5-7-11;1-8(2)10-5-3-9(4-6-10)7-11-10;1-8(2)10-6-3-4-9(11-10)5-7-10/h11H,4-10H2,1-3H3;4-10H,1-3H3;10H,4-9H2,1-3H3;10-11H,3-9H2,1-2H3;4-9H2,1-3H3;7-9H,4-6H2,1-3H3;9H,4-8H2,1-3H3;9-10H,3-8H2,1-2H3;9-10H,3-8H2,1-2H3;2*8-9H,3-7H2,1-2H3. The van der Waals surface area contributed by atoms with Gasteiger partial charge in [0.15, 0.2) is 0 Å². The van der Waals surface area contributed by atoms with Crippen molar-refractivity contribution in [1.82, 2.24) is 4.90 Å². The van der Waals surface area contributed by atoms with E-state index in [9.17, 15) is 0 Å². The quantitative estimate of drug-likeness (QED) is 0.272. The number of rotatable bonds is 5. The average Bonchev–Trinajstić information content (AvgIpc) is 0.753. The van der Waals surface area contributed by atoms with E-state index in [1.165, 1.54) is 363 Å². The molecule has 0 aromatic heterocycles. The highest BCUT2D eigenvalue weighted by atomic mass is 16.6. The van der Waals surface area contributed by atoms with Crippen molar-refractivity contribution in [2.45, 2.75) is 580 Å². The molecule has 33 fully saturated rings. The summed E-state index contributed by atoms with van der Waals surface area (Å²) in [5, 5.41) is 0. The van der Waals surface area contributed by atoms with Crippen LogP contribution in [0.15, 0.2) is 0 Å². The number of hydrogen-bond acceptors (Lipinski definition) is 7. The van der Waals surface area contributed by atoms with Gasteiger partial charge in [-0.2, -0.15) is 0 Å². The average molecular weight is 1820 g/mol. The van der Waals surface area contributed by atoms with Gasteiger partial charge < -0.3 is 33.3 Å². The van der Waals surface area contributed by atoms with Gasteiger partial charge in [0, 0.05) is 19.3 Å². The molecular formula is C124H219NO6. The second-order valence-electron chi connectivity index (χ2n) is 60.4. The molecule has 0 amide bonds. The van der Waals surface area contributed by atoms with Gasteiger partial charge >= 0.3 is 0 Å². The summed E-state index contributed by atoms with van der Waals surface area (Å²) in [6.45, 7) is 73.1. The predicted molar refractivity (Wildman–Crippen MR) is 552 cm³/mol. The van der Waals surface area contributed by atoms with Crippen molar-refractivity contribution in [2.75, 3.05) is 32.8 Å². The maximum Gasteiger partial charge on any atom is 0.0870 e. The van der Waals surface area contributed by atoms with Crippen LogP contribution in [0.3, 0.4) is 0 Å². The fourth-order valence-electron chi connectivity index (χ4n) is 37.5. The highest BCUT2D eigenvalue weighted by Crippen LogP contribution is 3.08. The van der Waals surface area contributed by atoms with Crippen LogP contribution in [0.4, 0.5) is 0 Å². The summed E-state index contributed by atoms with van der Waals surface area (Å²) >= 11 is 0. The van der Waals surface area contributed by atoms with Crippen molar-refractivity contribution in [1.29, 1.82) is 0 Å². The van der Waals surface area contributed by atoms with E-state index >= 15 is 0 Å². The zero-order valence-corrected chi connectivity index (χ0v) is 92.3. The fourth-order valence-corrected chi connectivity index (χ4v) is 37.5. The molecule has 0 radical (unpaired) electrons. The lowest BCUT2D eigenvalue weighted by molar-refractivity contribution is -0.634. The molecule has 22 bridgehead atoms. The van der Waals surface area contributed by atoms with Gasteiger partial charge in [0.1, 0.15) is 0 Å². The largest absolute Gasteiger partial charge is 0.378 e. The zero-order chi connectivity index (χ0) is 94.2. The first-order valence-corrected chi connectivity index (χ1v) is 59.1. The monoisotopic (exact) mass is 1820 g/mol. The maximum atomic E-state index is 6.18. The number of fused-ring (bicyclic) bond motifs is 24. The Balaban J connectivity index is 0.000000105. The predicted octanol–water partition coefficient (Wildman–Crippen LogP) is 34.5. The third-order valence-electron chi connectivity index (χ3n) is 48.4. The summed E-state index contributed by atoms with van der Waals surface area (Å²) in [6.07, 6.45) is 76.1. The molecule has 7 nitrogen and oxygen atoms in total. The van der Waals surface area contributed by atoms with Gasteiger partial charge in [-0.25, -0.2) is 0 Å². The third-order valence-corrected chi connectivity index (χ3v) is 48.4. The maximum absolute atomic E-state index is 6.18. The topological polar surface area (TPSA) is 58.6 Å². The SMILES string of the molecule is CC(C)(C)C12C3C4C5C3C1C5C42.CC(C)(C)C12CC3CC(O1)C(C2)O3.CC(C)(C)C12CCC(CC1)CC2.CC(C)(C)C12CCC(CC1)OC2.CC(C)(C)C12CCCC(CCC1)C2.CC(C)(C)C12CCN(CC1)CC2.CC(C)C12CCC(CC1)CO2.CC(C)C12CCCC(CC1)C2.CC(C)C12CCCC(CC1)CC2.CC(C)C12CCCC(CC1)O2.CC(C)C12CCCC(CCC1)O2. The molecule has 15 aliphatic heterocycles. The fraction of sp³-hybridized carbons (Fsp3) is 1.00. The molecule has 7 heteroatoms. The van der Waals surface area contributed by atoms with Gasteiger partial charge in [-0.3, -0.25) is 0 Å². The Labute approximate surface area is 812 Å². The Morgan fingerprint density at radius 3 is 1.02 bits per heavy atom. The van der Waals surface area contributed by atoms with Crippen molar-refractivity contribution in [3.05, 3.63) is 0 Å².